The number of hydrogen-bond acceptors (Lipinski definition) is 3. The minimum atomic E-state index is -4.28. The zero-order valence-corrected chi connectivity index (χ0v) is 28.1. The summed E-state index contributed by atoms with van der Waals surface area (Å²) in [6.07, 6.45) is 0. The molecule has 0 N–H and O–H groups in total. The Hall–Kier alpha value is -2.36. The average molecular weight is 630 g/mol. The third-order valence-electron chi connectivity index (χ3n) is 7.89. The normalized spacial score (nSPS) is 12.8. The summed E-state index contributed by atoms with van der Waals surface area (Å²) in [5.74, 6) is 0. The summed E-state index contributed by atoms with van der Waals surface area (Å²) < 4.78 is 21.9. The van der Waals surface area contributed by atoms with Gasteiger partial charge in [-0.25, -0.2) is 0 Å². The quantitative estimate of drug-likeness (QED) is 0.139. The monoisotopic (exact) mass is 628 g/mol. The van der Waals surface area contributed by atoms with Crippen molar-refractivity contribution in [2.24, 2.45) is 0 Å². The van der Waals surface area contributed by atoms with Crippen molar-refractivity contribution in [1.29, 1.82) is 0 Å². The van der Waals surface area contributed by atoms with Crippen molar-refractivity contribution in [3.8, 4) is 0 Å². The van der Waals surface area contributed by atoms with E-state index in [0.717, 1.165) is 0 Å². The van der Waals surface area contributed by atoms with E-state index in [4.69, 9.17) is 8.44 Å². The fraction of sp³-hybridized carbons (Fsp3) is 0.351. The van der Waals surface area contributed by atoms with Crippen LogP contribution in [0.2, 0.25) is 0 Å². The Bertz CT molecular complexity index is 1190. The number of benzene rings is 4. The van der Waals surface area contributed by atoms with E-state index in [1.807, 2.05) is 0 Å². The summed E-state index contributed by atoms with van der Waals surface area (Å²) in [4.78, 5) is 0. The van der Waals surface area contributed by atoms with Crippen LogP contribution < -0.4 is 0 Å². The van der Waals surface area contributed by atoms with Gasteiger partial charge in [-0.05, 0) is 0 Å². The van der Waals surface area contributed by atoms with E-state index in [-0.39, 0.29) is 16.2 Å². The first-order chi connectivity index (χ1) is 19.5. The van der Waals surface area contributed by atoms with Gasteiger partial charge in [0, 0.05) is 0 Å². The van der Waals surface area contributed by atoms with Gasteiger partial charge in [0.2, 0.25) is 0 Å². The molecule has 0 amide bonds. The molecule has 4 aromatic rings. The molecule has 4 rings (SSSR count). The molecule has 216 valence electrons. The van der Waals surface area contributed by atoms with Gasteiger partial charge >= 0.3 is 255 Å². The van der Waals surface area contributed by atoms with Gasteiger partial charge in [0.15, 0.2) is 0 Å². The minimum absolute atomic E-state index is 0.198. The van der Waals surface area contributed by atoms with Crippen LogP contribution in [-0.4, -0.2) is 19.8 Å². The van der Waals surface area contributed by atoms with Crippen LogP contribution >= 0.6 is 0 Å². The zero-order chi connectivity index (χ0) is 29.4. The van der Waals surface area contributed by atoms with Crippen LogP contribution in [0.4, 0.5) is 0 Å². The van der Waals surface area contributed by atoms with E-state index >= 15 is 0 Å². The van der Waals surface area contributed by atoms with Crippen molar-refractivity contribution < 1.29 is 30.0 Å². The van der Waals surface area contributed by atoms with Crippen LogP contribution in [0.5, 0.6) is 0 Å². The summed E-state index contributed by atoms with van der Waals surface area (Å²) >= 11 is -4.28. The first kappa shape index (κ1) is 31.6. The molecule has 0 radical (unpaired) electrons. The molecule has 41 heavy (non-hydrogen) atoms. The molecule has 0 heterocycles. The van der Waals surface area contributed by atoms with Crippen LogP contribution in [0.15, 0.2) is 121 Å². The molecular formula is C37H46O3Zr. The Morgan fingerprint density at radius 2 is 0.683 bits per heavy atom. The number of rotatable bonds is 14. The van der Waals surface area contributed by atoms with Gasteiger partial charge in [0.25, 0.3) is 0 Å². The Morgan fingerprint density at radius 3 is 0.976 bits per heavy atom. The molecule has 0 saturated heterocycles. The van der Waals surface area contributed by atoms with Gasteiger partial charge in [-0.3, -0.25) is 0 Å². The molecule has 0 saturated carbocycles. The Labute approximate surface area is 254 Å². The standard InChI is InChI=1S/3C10H13O.C7H7.Zr/c3*1-10(2,8-11)9-6-4-3-5-7-9;1-7-5-3-2-4-6-7;/h3*3-7H,8H2,1-2H3;2-6H,1H2;/q3*-1;;+3. The first-order valence-electron chi connectivity index (χ1n) is 14.6. The van der Waals surface area contributed by atoms with Crippen molar-refractivity contribution in [1.82, 2.24) is 0 Å². The topological polar surface area (TPSA) is 27.7 Å². The molecule has 4 heteroatoms. The maximum atomic E-state index is 7.08. The summed E-state index contributed by atoms with van der Waals surface area (Å²) in [5, 5.41) is 0. The van der Waals surface area contributed by atoms with Crippen LogP contribution in [0.3, 0.4) is 0 Å². The van der Waals surface area contributed by atoms with Crippen LogP contribution in [0.25, 0.3) is 0 Å². The van der Waals surface area contributed by atoms with Crippen LogP contribution in [-0.2, 0) is 50.4 Å². The average Bonchev–Trinajstić information content (AvgIpc) is 3.00. The molecule has 0 aliphatic rings. The SMILES string of the molecule is CC(C)(C[O][Zr]([CH2]c1ccccc1)([O]CC(C)(C)c1ccccc1)[O]CC(C)(C)c1ccccc1)c1ccccc1. The zero-order valence-electron chi connectivity index (χ0n) is 25.6. The fourth-order valence-electron chi connectivity index (χ4n) is 4.91. The maximum absolute atomic E-state index is 7.08. The summed E-state index contributed by atoms with van der Waals surface area (Å²) in [6.45, 7) is 15.0. The number of hydrogen-bond donors (Lipinski definition) is 0. The Morgan fingerprint density at radius 1 is 0.415 bits per heavy atom. The summed E-state index contributed by atoms with van der Waals surface area (Å²) in [6, 6.07) is 42.3. The molecule has 0 unspecified atom stereocenters. The van der Waals surface area contributed by atoms with E-state index in [2.05, 4.69) is 163 Å². The van der Waals surface area contributed by atoms with Crippen LogP contribution in [0.1, 0.15) is 63.8 Å². The van der Waals surface area contributed by atoms with Crippen molar-refractivity contribution >= 4 is 0 Å². The van der Waals surface area contributed by atoms with Gasteiger partial charge in [0.05, 0.1) is 0 Å². The molecule has 0 atom stereocenters. The van der Waals surface area contributed by atoms with Gasteiger partial charge in [-0.2, -0.15) is 0 Å². The predicted octanol–water partition coefficient (Wildman–Crippen LogP) is 9.07. The van der Waals surface area contributed by atoms with Gasteiger partial charge in [0.1, 0.15) is 0 Å². The first-order valence-corrected chi connectivity index (χ1v) is 19.4. The Balaban J connectivity index is 1.68. The molecule has 0 aliphatic heterocycles. The van der Waals surface area contributed by atoms with E-state index in [1.54, 1.807) is 0 Å². The third-order valence-corrected chi connectivity index (χ3v) is 14.3. The second-order valence-corrected chi connectivity index (χ2v) is 19.3. The fourth-order valence-corrected chi connectivity index (χ4v) is 12.4. The van der Waals surface area contributed by atoms with Crippen molar-refractivity contribution in [2.45, 2.75) is 61.9 Å². The van der Waals surface area contributed by atoms with E-state index < -0.39 is 21.6 Å². The predicted molar refractivity (Wildman–Crippen MR) is 166 cm³/mol. The molecule has 4 aromatic carbocycles. The molecular weight excluding hydrogens is 584 g/mol. The molecule has 0 fully saturated rings. The van der Waals surface area contributed by atoms with Gasteiger partial charge < -0.3 is 0 Å². The van der Waals surface area contributed by atoms with Crippen molar-refractivity contribution in [3.05, 3.63) is 144 Å². The summed E-state index contributed by atoms with van der Waals surface area (Å²) in [5.41, 5.74) is 4.33. The second-order valence-electron chi connectivity index (χ2n) is 13.0. The summed E-state index contributed by atoms with van der Waals surface area (Å²) in [7, 11) is 0. The van der Waals surface area contributed by atoms with E-state index in [9.17, 15) is 0 Å². The molecule has 0 aromatic heterocycles. The van der Waals surface area contributed by atoms with E-state index in [0.29, 0.717) is 23.9 Å². The molecule has 0 bridgehead atoms. The molecule has 0 aliphatic carbocycles. The third kappa shape index (κ3) is 8.82. The van der Waals surface area contributed by atoms with Crippen LogP contribution in [0, 0.1) is 0 Å². The van der Waals surface area contributed by atoms with Gasteiger partial charge in [-0.15, -0.1) is 0 Å². The second kappa shape index (κ2) is 13.7. The van der Waals surface area contributed by atoms with E-state index in [1.165, 1.54) is 22.3 Å². The van der Waals surface area contributed by atoms with Crippen molar-refractivity contribution in [2.75, 3.05) is 19.8 Å². The van der Waals surface area contributed by atoms with Crippen molar-refractivity contribution in [3.63, 3.8) is 0 Å². The molecule has 0 spiro atoms. The van der Waals surface area contributed by atoms with Gasteiger partial charge in [-0.1, -0.05) is 0 Å². The molecule has 3 nitrogen and oxygen atoms in total. The Kier molecular flexibility index (Phi) is 10.6.